The molecule has 0 fully saturated rings. The van der Waals surface area contributed by atoms with E-state index in [0.717, 1.165) is 0 Å². The van der Waals surface area contributed by atoms with Crippen LogP contribution in [-0.4, -0.2) is 38.6 Å². The van der Waals surface area contributed by atoms with Gasteiger partial charge in [-0.05, 0) is 12.1 Å². The second kappa shape index (κ2) is 9.40. The Bertz CT molecular complexity index is 762. The summed E-state index contributed by atoms with van der Waals surface area (Å²) in [4.78, 5) is 12.6. The van der Waals surface area contributed by atoms with Crippen LogP contribution in [0.3, 0.4) is 0 Å². The van der Waals surface area contributed by atoms with Crippen molar-refractivity contribution >= 4 is 29.0 Å². The quantitative estimate of drug-likeness (QED) is 0.643. The fourth-order valence-electron chi connectivity index (χ4n) is 2.16. The number of nitrogens with one attached hydrogen (secondary N) is 2. The number of hydrogen-bond acceptors (Lipinski definition) is 5. The predicted molar refractivity (Wildman–Crippen MR) is 99.9 cm³/mol. The van der Waals surface area contributed by atoms with Crippen molar-refractivity contribution < 1.29 is 27.4 Å². The first kappa shape index (κ1) is 20.8. The predicted octanol–water partition coefficient (Wildman–Crippen LogP) is 4.41. The third-order valence-corrected chi connectivity index (χ3v) is 4.49. The van der Waals surface area contributed by atoms with Crippen molar-refractivity contribution in [1.29, 1.82) is 0 Å². The summed E-state index contributed by atoms with van der Waals surface area (Å²) >= 11 is 0.667. The van der Waals surface area contributed by atoms with Crippen LogP contribution >= 0.6 is 11.8 Å². The summed E-state index contributed by atoms with van der Waals surface area (Å²) in [7, 11) is 2.99. The fraction of sp³-hybridized carbons (Fsp3) is 0.278. The first-order chi connectivity index (χ1) is 12.8. The van der Waals surface area contributed by atoms with E-state index in [1.807, 2.05) is 0 Å². The highest BCUT2D eigenvalue weighted by Crippen LogP contribution is 2.32. The van der Waals surface area contributed by atoms with Gasteiger partial charge >= 0.3 is 6.18 Å². The maximum absolute atomic E-state index is 12.4. The average Bonchev–Trinajstić information content (AvgIpc) is 2.64. The maximum atomic E-state index is 12.4. The Morgan fingerprint density at radius 1 is 1.07 bits per heavy atom. The number of methoxy groups -OCH3 is 2. The van der Waals surface area contributed by atoms with Crippen LogP contribution < -0.4 is 20.1 Å². The first-order valence-electron chi connectivity index (χ1n) is 7.86. The minimum absolute atomic E-state index is 0.108. The van der Waals surface area contributed by atoms with E-state index in [0.29, 0.717) is 39.5 Å². The Kier molecular flexibility index (Phi) is 7.23. The number of para-hydroxylation sites is 1. The van der Waals surface area contributed by atoms with Gasteiger partial charge in [0, 0.05) is 34.5 Å². The van der Waals surface area contributed by atoms with Crippen molar-refractivity contribution in [2.45, 2.75) is 11.1 Å². The highest BCUT2D eigenvalue weighted by atomic mass is 32.2. The Balaban J connectivity index is 1.98. The van der Waals surface area contributed by atoms with Gasteiger partial charge in [-0.3, -0.25) is 4.79 Å². The van der Waals surface area contributed by atoms with E-state index in [-0.39, 0.29) is 12.5 Å². The number of ether oxygens (including phenoxy) is 2. The van der Waals surface area contributed by atoms with Gasteiger partial charge < -0.3 is 20.1 Å². The van der Waals surface area contributed by atoms with Crippen LogP contribution in [0.25, 0.3) is 0 Å². The Labute approximate surface area is 159 Å². The van der Waals surface area contributed by atoms with Gasteiger partial charge in [0.2, 0.25) is 5.91 Å². The number of hydrogen-bond donors (Lipinski definition) is 2. The van der Waals surface area contributed by atoms with E-state index in [9.17, 15) is 18.0 Å². The van der Waals surface area contributed by atoms with Crippen molar-refractivity contribution in [2.75, 3.05) is 37.2 Å². The normalized spacial score (nSPS) is 11.0. The molecule has 0 spiro atoms. The van der Waals surface area contributed by atoms with Gasteiger partial charge in [-0.15, -0.1) is 11.8 Å². The zero-order chi connectivity index (χ0) is 19.9. The molecule has 1 amide bonds. The molecule has 0 aliphatic carbocycles. The molecule has 0 bridgehead atoms. The smallest absolute Gasteiger partial charge is 0.398 e. The second-order valence-electron chi connectivity index (χ2n) is 5.40. The molecule has 146 valence electrons. The van der Waals surface area contributed by atoms with E-state index >= 15 is 0 Å². The number of rotatable bonds is 8. The molecule has 27 heavy (non-hydrogen) atoms. The van der Waals surface area contributed by atoms with Crippen LogP contribution in [0.2, 0.25) is 0 Å². The minimum atomic E-state index is -4.26. The second-order valence-corrected chi connectivity index (χ2v) is 6.42. The lowest BCUT2D eigenvalue weighted by Crippen LogP contribution is -2.22. The summed E-state index contributed by atoms with van der Waals surface area (Å²) in [6.07, 6.45) is -4.26. The molecule has 2 N–H and O–H groups in total. The molecular formula is C18H19F3N2O3S. The highest BCUT2D eigenvalue weighted by Gasteiger charge is 2.27. The number of halogens is 3. The van der Waals surface area contributed by atoms with Crippen molar-refractivity contribution in [3.05, 3.63) is 42.5 Å². The molecule has 0 atom stereocenters. The summed E-state index contributed by atoms with van der Waals surface area (Å²) in [5.41, 5.74) is 0.947. The van der Waals surface area contributed by atoms with Crippen LogP contribution in [0.1, 0.15) is 0 Å². The van der Waals surface area contributed by atoms with Crippen LogP contribution in [0.5, 0.6) is 11.5 Å². The van der Waals surface area contributed by atoms with Crippen LogP contribution in [0, 0.1) is 0 Å². The lowest BCUT2D eigenvalue weighted by atomic mass is 10.2. The van der Waals surface area contributed by atoms with Crippen LogP contribution in [0.15, 0.2) is 47.4 Å². The monoisotopic (exact) mass is 400 g/mol. The summed E-state index contributed by atoms with van der Waals surface area (Å²) in [5, 5.41) is 5.55. The summed E-state index contributed by atoms with van der Waals surface area (Å²) in [6, 6.07) is 11.5. The van der Waals surface area contributed by atoms with E-state index in [4.69, 9.17) is 9.47 Å². The van der Waals surface area contributed by atoms with Gasteiger partial charge in [0.15, 0.2) is 0 Å². The molecule has 2 aromatic rings. The van der Waals surface area contributed by atoms with Crippen molar-refractivity contribution in [3.8, 4) is 11.5 Å². The lowest BCUT2D eigenvalue weighted by Gasteiger charge is -2.13. The number of benzene rings is 2. The number of carbonyl (C=O) groups is 1. The largest absolute Gasteiger partial charge is 0.497 e. The zero-order valence-electron chi connectivity index (χ0n) is 14.7. The van der Waals surface area contributed by atoms with Crippen molar-refractivity contribution in [1.82, 2.24) is 0 Å². The number of anilines is 2. The van der Waals surface area contributed by atoms with E-state index in [2.05, 4.69) is 10.6 Å². The molecule has 0 aliphatic heterocycles. The molecule has 0 saturated heterocycles. The van der Waals surface area contributed by atoms with E-state index in [1.165, 1.54) is 14.2 Å². The molecule has 5 nitrogen and oxygen atoms in total. The maximum Gasteiger partial charge on any atom is 0.398 e. The third-order valence-electron chi connectivity index (χ3n) is 3.35. The topological polar surface area (TPSA) is 59.6 Å². The molecule has 2 aromatic carbocycles. The highest BCUT2D eigenvalue weighted by molar-refractivity contribution is 7.99. The zero-order valence-corrected chi connectivity index (χ0v) is 15.5. The van der Waals surface area contributed by atoms with Crippen LogP contribution in [0.4, 0.5) is 24.5 Å². The molecule has 0 heterocycles. The molecule has 0 radical (unpaired) electrons. The van der Waals surface area contributed by atoms with Crippen LogP contribution in [-0.2, 0) is 4.79 Å². The first-order valence-corrected chi connectivity index (χ1v) is 8.84. The average molecular weight is 400 g/mol. The number of alkyl halides is 3. The van der Waals surface area contributed by atoms with Gasteiger partial charge in [0.25, 0.3) is 0 Å². The minimum Gasteiger partial charge on any atom is -0.497 e. The summed E-state index contributed by atoms with van der Waals surface area (Å²) < 4.78 is 47.6. The van der Waals surface area contributed by atoms with Crippen molar-refractivity contribution in [3.63, 3.8) is 0 Å². The molecule has 0 unspecified atom stereocenters. The summed E-state index contributed by atoms with van der Waals surface area (Å²) in [5.74, 6) is -0.319. The molecule has 0 saturated carbocycles. The fourth-order valence-corrected chi connectivity index (χ4v) is 2.95. The number of carbonyl (C=O) groups excluding carboxylic acids is 1. The molecule has 9 heteroatoms. The van der Waals surface area contributed by atoms with Gasteiger partial charge in [0.1, 0.15) is 11.5 Å². The SMILES string of the molecule is COc1cc(NC(=O)CNc2ccccc2SCC(F)(F)F)cc(OC)c1. The molecule has 0 aromatic heterocycles. The number of thioether (sulfide) groups is 1. The molecule has 2 rings (SSSR count). The summed E-state index contributed by atoms with van der Waals surface area (Å²) in [6.45, 7) is -0.108. The Morgan fingerprint density at radius 2 is 1.70 bits per heavy atom. The standard InChI is InChI=1S/C18H19F3N2O3S/c1-25-13-7-12(8-14(9-13)26-2)23-17(24)10-22-15-5-3-4-6-16(15)27-11-18(19,20)21/h3-9,22H,10-11H2,1-2H3,(H,23,24). The number of amides is 1. The Morgan fingerprint density at radius 3 is 2.30 bits per heavy atom. The van der Waals surface area contributed by atoms with E-state index < -0.39 is 11.9 Å². The van der Waals surface area contributed by atoms with Gasteiger partial charge in [0.05, 0.1) is 26.5 Å². The van der Waals surface area contributed by atoms with Crippen molar-refractivity contribution in [2.24, 2.45) is 0 Å². The molecular weight excluding hydrogens is 381 g/mol. The van der Waals surface area contributed by atoms with Gasteiger partial charge in [-0.1, -0.05) is 12.1 Å². The molecule has 0 aliphatic rings. The van der Waals surface area contributed by atoms with E-state index in [1.54, 1.807) is 42.5 Å². The Hall–Kier alpha value is -2.55. The third kappa shape index (κ3) is 6.93. The van der Waals surface area contributed by atoms with Gasteiger partial charge in [-0.25, -0.2) is 0 Å². The van der Waals surface area contributed by atoms with Gasteiger partial charge in [-0.2, -0.15) is 13.2 Å². The lowest BCUT2D eigenvalue weighted by molar-refractivity contribution is -0.114.